The smallest absolute Gasteiger partial charge is 0.269 e. The van der Waals surface area contributed by atoms with Crippen molar-refractivity contribution in [1.29, 1.82) is 0 Å². The summed E-state index contributed by atoms with van der Waals surface area (Å²) in [5.74, 6) is 0.0247. The number of hydrogen-bond donors (Lipinski definition) is 2. The molecule has 0 aliphatic rings. The molecule has 2 aromatic heterocycles. The number of imidazole rings is 1. The lowest BCUT2D eigenvalue weighted by atomic mass is 10.2. The van der Waals surface area contributed by atoms with Gasteiger partial charge < -0.3 is 4.74 Å². The maximum Gasteiger partial charge on any atom is 0.269 e. The van der Waals surface area contributed by atoms with Crippen molar-refractivity contribution >= 4 is 28.1 Å². The van der Waals surface area contributed by atoms with Gasteiger partial charge in [0.1, 0.15) is 5.75 Å². The molecule has 0 aliphatic carbocycles. The van der Waals surface area contributed by atoms with E-state index in [2.05, 4.69) is 22.8 Å². The highest BCUT2D eigenvalue weighted by atomic mass is 32.1. The number of benzene rings is 1. The highest BCUT2D eigenvalue weighted by Crippen LogP contribution is 2.13. The first-order valence-corrected chi connectivity index (χ1v) is 10.3. The number of hydrogen-bond acceptors (Lipinski definition) is 5. The van der Waals surface area contributed by atoms with E-state index in [1.165, 1.54) is 24.2 Å². The van der Waals surface area contributed by atoms with Crippen molar-refractivity contribution in [3.8, 4) is 5.75 Å². The molecular weight excluding hydrogens is 376 g/mol. The lowest BCUT2D eigenvalue weighted by Gasteiger charge is -2.08. The van der Waals surface area contributed by atoms with Crippen molar-refractivity contribution in [1.82, 2.24) is 20.2 Å². The average molecular weight is 401 g/mol. The van der Waals surface area contributed by atoms with Crippen LogP contribution in [-0.2, 0) is 11.2 Å². The molecule has 0 saturated heterocycles. The van der Waals surface area contributed by atoms with Gasteiger partial charge in [0.05, 0.1) is 18.7 Å². The maximum absolute atomic E-state index is 12.2. The number of nitrogens with zero attached hydrogens (tertiary/aromatic N) is 2. The van der Waals surface area contributed by atoms with Crippen molar-refractivity contribution in [2.75, 3.05) is 6.61 Å². The van der Waals surface area contributed by atoms with E-state index < -0.39 is 0 Å². The van der Waals surface area contributed by atoms with Crippen LogP contribution in [0.2, 0.25) is 0 Å². The molecule has 28 heavy (non-hydrogen) atoms. The van der Waals surface area contributed by atoms with Crippen LogP contribution < -0.4 is 15.6 Å². The standard InChI is InChI=1S/C20H24N4O3S/c1-2-3-4-5-11-27-17-8-6-15(7-9-17)19(26)23-22-18(25)13-16-14-24-10-12-28-20(24)21-16/h6-10,12,14H,2-5,11,13H2,1H3,(H,22,25)(H,23,26). The van der Waals surface area contributed by atoms with E-state index in [0.29, 0.717) is 17.9 Å². The molecule has 0 spiro atoms. The van der Waals surface area contributed by atoms with Crippen molar-refractivity contribution in [3.63, 3.8) is 0 Å². The number of rotatable bonds is 9. The zero-order chi connectivity index (χ0) is 19.8. The number of unbranched alkanes of at least 4 members (excludes halogenated alkanes) is 3. The maximum atomic E-state index is 12.2. The summed E-state index contributed by atoms with van der Waals surface area (Å²) in [6.07, 6.45) is 8.38. The van der Waals surface area contributed by atoms with E-state index in [9.17, 15) is 9.59 Å². The fourth-order valence-electron chi connectivity index (χ4n) is 2.69. The first-order valence-electron chi connectivity index (χ1n) is 9.39. The summed E-state index contributed by atoms with van der Waals surface area (Å²) in [6.45, 7) is 2.85. The first-order chi connectivity index (χ1) is 13.7. The molecule has 0 saturated carbocycles. The number of thiazole rings is 1. The molecule has 0 bridgehead atoms. The van der Waals surface area contributed by atoms with Gasteiger partial charge >= 0.3 is 0 Å². The van der Waals surface area contributed by atoms with Gasteiger partial charge in [-0.3, -0.25) is 24.8 Å². The van der Waals surface area contributed by atoms with Crippen LogP contribution in [0.1, 0.15) is 48.7 Å². The lowest BCUT2D eigenvalue weighted by Crippen LogP contribution is -2.42. The number of aromatic nitrogens is 2. The second kappa shape index (κ2) is 9.89. The van der Waals surface area contributed by atoms with Crippen LogP contribution >= 0.6 is 11.3 Å². The molecule has 1 aromatic carbocycles. The SMILES string of the molecule is CCCCCCOc1ccc(C(=O)NNC(=O)Cc2cn3ccsc3n2)cc1. The molecule has 0 unspecified atom stereocenters. The number of nitrogens with one attached hydrogen (secondary N) is 2. The summed E-state index contributed by atoms with van der Waals surface area (Å²) in [6, 6.07) is 6.86. The summed E-state index contributed by atoms with van der Waals surface area (Å²) >= 11 is 1.50. The van der Waals surface area contributed by atoms with E-state index in [0.717, 1.165) is 23.6 Å². The molecule has 2 N–H and O–H groups in total. The topological polar surface area (TPSA) is 84.7 Å². The Morgan fingerprint density at radius 3 is 2.71 bits per heavy atom. The van der Waals surface area contributed by atoms with Gasteiger partial charge in [0.25, 0.3) is 5.91 Å². The highest BCUT2D eigenvalue weighted by Gasteiger charge is 2.10. The van der Waals surface area contributed by atoms with Crippen LogP contribution in [0.25, 0.3) is 4.96 Å². The van der Waals surface area contributed by atoms with Gasteiger partial charge in [-0.2, -0.15) is 0 Å². The minimum absolute atomic E-state index is 0.0967. The monoisotopic (exact) mass is 400 g/mol. The molecule has 0 radical (unpaired) electrons. The molecule has 0 fully saturated rings. The summed E-state index contributed by atoms with van der Waals surface area (Å²) in [5, 5.41) is 1.93. The van der Waals surface area contributed by atoms with Crippen LogP contribution in [0.3, 0.4) is 0 Å². The van der Waals surface area contributed by atoms with Gasteiger partial charge in [-0.15, -0.1) is 11.3 Å². The molecule has 0 aliphatic heterocycles. The zero-order valence-electron chi connectivity index (χ0n) is 15.8. The van der Waals surface area contributed by atoms with Gasteiger partial charge in [0.2, 0.25) is 5.91 Å². The average Bonchev–Trinajstić information content (AvgIpc) is 3.28. The Labute approximate surface area is 167 Å². The predicted molar refractivity (Wildman–Crippen MR) is 108 cm³/mol. The summed E-state index contributed by atoms with van der Waals surface area (Å²) in [7, 11) is 0. The van der Waals surface area contributed by atoms with Crippen LogP contribution in [0.4, 0.5) is 0 Å². The quantitative estimate of drug-likeness (QED) is 0.426. The van der Waals surface area contributed by atoms with Crippen molar-refractivity contribution < 1.29 is 14.3 Å². The largest absolute Gasteiger partial charge is 0.494 e. The van der Waals surface area contributed by atoms with Crippen LogP contribution in [-0.4, -0.2) is 27.8 Å². The second-order valence-electron chi connectivity index (χ2n) is 6.44. The van der Waals surface area contributed by atoms with E-state index >= 15 is 0 Å². The van der Waals surface area contributed by atoms with Crippen LogP contribution in [0, 0.1) is 0 Å². The molecule has 2 amide bonds. The fourth-order valence-corrected chi connectivity index (χ4v) is 3.41. The Morgan fingerprint density at radius 2 is 1.96 bits per heavy atom. The lowest BCUT2D eigenvalue weighted by molar-refractivity contribution is -0.121. The normalized spacial score (nSPS) is 10.8. The number of hydrazine groups is 1. The van der Waals surface area contributed by atoms with Gasteiger partial charge in [-0.1, -0.05) is 26.2 Å². The molecule has 0 atom stereocenters. The van der Waals surface area contributed by atoms with Crippen LogP contribution in [0.15, 0.2) is 42.0 Å². The van der Waals surface area contributed by atoms with Gasteiger partial charge in [0, 0.05) is 23.3 Å². The number of carbonyl (C=O) groups is 2. The third-order valence-corrected chi connectivity index (χ3v) is 4.95. The Kier molecular flexibility index (Phi) is 7.02. The van der Waals surface area contributed by atoms with Gasteiger partial charge in [-0.05, 0) is 30.7 Å². The van der Waals surface area contributed by atoms with E-state index in [1.807, 2.05) is 16.0 Å². The third kappa shape index (κ3) is 5.56. The number of amides is 2. The minimum atomic E-state index is -0.381. The van der Waals surface area contributed by atoms with Crippen molar-refractivity contribution in [2.45, 2.75) is 39.0 Å². The van der Waals surface area contributed by atoms with E-state index in [4.69, 9.17) is 4.74 Å². The third-order valence-electron chi connectivity index (χ3n) is 4.18. The fraction of sp³-hybridized carbons (Fsp3) is 0.350. The molecule has 7 nitrogen and oxygen atoms in total. The van der Waals surface area contributed by atoms with Crippen molar-refractivity contribution in [2.24, 2.45) is 0 Å². The number of ether oxygens (including phenoxy) is 1. The number of carbonyl (C=O) groups excluding carboxylic acids is 2. The summed E-state index contributed by atoms with van der Waals surface area (Å²) in [4.78, 5) is 29.3. The molecular formula is C20H24N4O3S. The second-order valence-corrected chi connectivity index (χ2v) is 7.31. The zero-order valence-corrected chi connectivity index (χ0v) is 16.6. The molecule has 8 heteroatoms. The Morgan fingerprint density at radius 1 is 1.14 bits per heavy atom. The summed E-state index contributed by atoms with van der Waals surface area (Å²) < 4.78 is 7.52. The minimum Gasteiger partial charge on any atom is -0.494 e. The van der Waals surface area contributed by atoms with Gasteiger partial charge in [-0.25, -0.2) is 4.98 Å². The Hall–Kier alpha value is -2.87. The van der Waals surface area contributed by atoms with E-state index in [-0.39, 0.29) is 18.2 Å². The van der Waals surface area contributed by atoms with Crippen LogP contribution in [0.5, 0.6) is 5.75 Å². The molecule has 3 aromatic rings. The van der Waals surface area contributed by atoms with E-state index in [1.54, 1.807) is 30.5 Å². The molecule has 148 valence electrons. The highest BCUT2D eigenvalue weighted by molar-refractivity contribution is 7.15. The number of fused-ring (bicyclic) bond motifs is 1. The Balaban J connectivity index is 1.41. The first kappa shape index (κ1) is 19.9. The van der Waals surface area contributed by atoms with Crippen molar-refractivity contribution in [3.05, 3.63) is 53.3 Å². The predicted octanol–water partition coefficient (Wildman–Crippen LogP) is 3.36. The molecule has 2 heterocycles. The molecule has 3 rings (SSSR count). The summed E-state index contributed by atoms with van der Waals surface area (Å²) in [5.41, 5.74) is 5.94. The Bertz CT molecular complexity index is 889. The van der Waals surface area contributed by atoms with Gasteiger partial charge in [0.15, 0.2) is 4.96 Å².